The van der Waals surface area contributed by atoms with Crippen molar-refractivity contribution in [3.63, 3.8) is 0 Å². The molecular weight excluding hydrogens is 442 g/mol. The molecular formula is C25H24ClN3O4. The first-order chi connectivity index (χ1) is 16.0. The summed E-state index contributed by atoms with van der Waals surface area (Å²) in [6.07, 6.45) is 1.67. The number of carbonyl (C=O) groups excluding carboxylic acids is 3. The number of hydrogen-bond acceptors (Lipinski definition) is 5. The van der Waals surface area contributed by atoms with E-state index in [1.807, 2.05) is 31.2 Å². The van der Waals surface area contributed by atoms with Gasteiger partial charge in [0.05, 0.1) is 24.6 Å². The molecule has 3 amide bonds. The van der Waals surface area contributed by atoms with Crippen LogP contribution in [-0.2, 0) is 19.9 Å². The summed E-state index contributed by atoms with van der Waals surface area (Å²) in [7, 11) is 1.49. The highest BCUT2D eigenvalue weighted by Gasteiger charge is 2.75. The summed E-state index contributed by atoms with van der Waals surface area (Å²) >= 11 is 6.23. The summed E-state index contributed by atoms with van der Waals surface area (Å²) in [6.45, 7) is 3.13. The molecule has 0 unspecified atom stereocenters. The summed E-state index contributed by atoms with van der Waals surface area (Å²) in [6, 6.07) is 12.4. The van der Waals surface area contributed by atoms with Crippen molar-refractivity contribution in [2.45, 2.75) is 31.3 Å². The van der Waals surface area contributed by atoms with Crippen molar-refractivity contribution in [2.75, 3.05) is 30.0 Å². The van der Waals surface area contributed by atoms with E-state index in [0.29, 0.717) is 29.5 Å². The first-order valence-corrected chi connectivity index (χ1v) is 11.7. The van der Waals surface area contributed by atoms with Crippen LogP contribution in [0.5, 0.6) is 5.75 Å². The van der Waals surface area contributed by atoms with Crippen molar-refractivity contribution in [3.8, 4) is 5.75 Å². The molecule has 6 rings (SSSR count). The van der Waals surface area contributed by atoms with E-state index >= 15 is 0 Å². The van der Waals surface area contributed by atoms with Crippen LogP contribution < -0.4 is 14.5 Å². The van der Waals surface area contributed by atoms with Crippen LogP contribution in [0.2, 0.25) is 5.02 Å². The summed E-state index contributed by atoms with van der Waals surface area (Å²) in [5.74, 6) is -1.72. The predicted octanol–water partition coefficient (Wildman–Crippen LogP) is 3.19. The van der Waals surface area contributed by atoms with E-state index < -0.39 is 17.4 Å². The largest absolute Gasteiger partial charge is 0.495 e. The van der Waals surface area contributed by atoms with E-state index in [9.17, 15) is 14.4 Å². The van der Waals surface area contributed by atoms with Crippen LogP contribution in [0.25, 0.3) is 0 Å². The zero-order valence-electron chi connectivity index (χ0n) is 18.5. The molecule has 0 saturated carbocycles. The Kier molecular flexibility index (Phi) is 4.42. The lowest BCUT2D eigenvalue weighted by Gasteiger charge is -2.37. The van der Waals surface area contributed by atoms with Crippen molar-refractivity contribution in [1.29, 1.82) is 0 Å². The molecule has 0 radical (unpaired) electrons. The number of amides is 3. The maximum Gasteiger partial charge on any atom is 0.253 e. The number of halogens is 1. The summed E-state index contributed by atoms with van der Waals surface area (Å²) in [4.78, 5) is 47.3. The number of methoxy groups -OCH3 is 1. The minimum atomic E-state index is -1.16. The van der Waals surface area contributed by atoms with E-state index in [1.165, 1.54) is 12.0 Å². The van der Waals surface area contributed by atoms with Crippen LogP contribution in [0.1, 0.15) is 25.3 Å². The maximum absolute atomic E-state index is 14.1. The monoisotopic (exact) mass is 465 g/mol. The fraction of sp³-hybridized carbons (Fsp3) is 0.400. The molecule has 170 valence electrons. The Balaban J connectivity index is 1.57. The second-order valence-corrected chi connectivity index (χ2v) is 9.50. The topological polar surface area (TPSA) is 70.2 Å². The summed E-state index contributed by atoms with van der Waals surface area (Å²) in [5.41, 5.74) is 0.832. The van der Waals surface area contributed by atoms with Crippen LogP contribution in [0.4, 0.5) is 11.4 Å². The highest BCUT2D eigenvalue weighted by Crippen LogP contribution is 2.62. The number of rotatable bonds is 3. The third-order valence-electron chi connectivity index (χ3n) is 7.84. The van der Waals surface area contributed by atoms with Gasteiger partial charge in [0, 0.05) is 28.9 Å². The molecule has 2 aromatic rings. The Morgan fingerprint density at radius 1 is 1.09 bits per heavy atom. The van der Waals surface area contributed by atoms with E-state index in [-0.39, 0.29) is 23.8 Å². The standard InChI is InChI=1S/C25H24ClN3O4/c1-3-27-16-8-5-4-7-15(16)25(24(27)32)21-20(17-9-6-12-28(17)25)22(30)29(23(21)31)18-13-14(26)10-11-19(18)33-2/h4-5,7-8,10-11,13,17,20-21H,3,6,9,12H2,1-2H3/t17-,20+,21+,25+/m1/s1. The molecule has 0 aromatic heterocycles. The average Bonchev–Trinajstić information content (AvgIpc) is 3.51. The molecule has 4 atom stereocenters. The van der Waals surface area contributed by atoms with Gasteiger partial charge in [-0.1, -0.05) is 29.8 Å². The predicted molar refractivity (Wildman–Crippen MR) is 123 cm³/mol. The minimum Gasteiger partial charge on any atom is -0.495 e. The van der Waals surface area contributed by atoms with Gasteiger partial charge in [0.2, 0.25) is 11.8 Å². The fourth-order valence-electron chi connectivity index (χ4n) is 6.73. The SMILES string of the molecule is CCN1C(=O)[C@]2(c3ccccc31)[C@@H]1C(=O)N(c3cc(Cl)ccc3OC)C(=O)[C@H]1[C@H]1CCCN12. The highest BCUT2D eigenvalue weighted by atomic mass is 35.5. The van der Waals surface area contributed by atoms with Crippen molar-refractivity contribution in [3.05, 3.63) is 53.1 Å². The normalized spacial score (nSPS) is 30.4. The van der Waals surface area contributed by atoms with Gasteiger partial charge < -0.3 is 9.64 Å². The van der Waals surface area contributed by atoms with Gasteiger partial charge in [-0.2, -0.15) is 0 Å². The number of ether oxygens (including phenoxy) is 1. The molecule has 7 nitrogen and oxygen atoms in total. The number of imide groups is 1. The first kappa shape index (κ1) is 20.7. The summed E-state index contributed by atoms with van der Waals surface area (Å²) < 4.78 is 5.46. The molecule has 4 aliphatic heterocycles. The average molecular weight is 466 g/mol. The lowest BCUT2D eigenvalue weighted by molar-refractivity contribution is -0.137. The smallest absolute Gasteiger partial charge is 0.253 e. The van der Waals surface area contributed by atoms with Gasteiger partial charge in [0.1, 0.15) is 11.3 Å². The van der Waals surface area contributed by atoms with E-state index in [0.717, 1.165) is 24.1 Å². The molecule has 0 bridgehead atoms. The van der Waals surface area contributed by atoms with Crippen molar-refractivity contribution >= 4 is 40.7 Å². The van der Waals surface area contributed by atoms with Gasteiger partial charge in [-0.3, -0.25) is 19.3 Å². The van der Waals surface area contributed by atoms with Crippen LogP contribution in [0.15, 0.2) is 42.5 Å². The lowest BCUT2D eigenvalue weighted by Crippen LogP contribution is -2.56. The molecule has 4 aliphatic rings. The van der Waals surface area contributed by atoms with Gasteiger partial charge in [-0.05, 0) is 50.6 Å². The Hall–Kier alpha value is -2.90. The molecule has 0 aliphatic carbocycles. The van der Waals surface area contributed by atoms with Crippen LogP contribution >= 0.6 is 11.6 Å². The second kappa shape index (κ2) is 7.05. The molecule has 3 fully saturated rings. The number of anilines is 2. The highest BCUT2D eigenvalue weighted by molar-refractivity contribution is 6.32. The first-order valence-electron chi connectivity index (χ1n) is 11.4. The number of carbonyl (C=O) groups is 3. The van der Waals surface area contributed by atoms with Gasteiger partial charge in [0.15, 0.2) is 0 Å². The zero-order valence-corrected chi connectivity index (χ0v) is 19.2. The van der Waals surface area contributed by atoms with Gasteiger partial charge >= 0.3 is 0 Å². The van der Waals surface area contributed by atoms with Crippen LogP contribution in [0.3, 0.4) is 0 Å². The van der Waals surface area contributed by atoms with Crippen molar-refractivity contribution in [1.82, 2.24) is 4.90 Å². The Bertz CT molecular complexity index is 1220. The number of para-hydroxylation sites is 1. The molecule has 4 heterocycles. The minimum absolute atomic E-state index is 0.105. The second-order valence-electron chi connectivity index (χ2n) is 9.07. The molecule has 3 saturated heterocycles. The van der Waals surface area contributed by atoms with E-state index in [2.05, 4.69) is 4.90 Å². The zero-order chi connectivity index (χ0) is 23.1. The molecule has 2 aromatic carbocycles. The van der Waals surface area contributed by atoms with E-state index in [4.69, 9.17) is 16.3 Å². The van der Waals surface area contributed by atoms with Gasteiger partial charge in [-0.15, -0.1) is 0 Å². The molecule has 33 heavy (non-hydrogen) atoms. The molecule has 8 heteroatoms. The number of benzene rings is 2. The maximum atomic E-state index is 14.1. The van der Waals surface area contributed by atoms with Crippen molar-refractivity contribution < 1.29 is 19.1 Å². The van der Waals surface area contributed by atoms with Crippen LogP contribution in [-0.4, -0.2) is 48.9 Å². The van der Waals surface area contributed by atoms with Crippen LogP contribution in [0, 0.1) is 11.8 Å². The number of hydrogen-bond donors (Lipinski definition) is 0. The number of nitrogens with zero attached hydrogens (tertiary/aromatic N) is 3. The number of fused-ring (bicyclic) bond motifs is 7. The van der Waals surface area contributed by atoms with Gasteiger partial charge in [-0.25, -0.2) is 4.90 Å². The Morgan fingerprint density at radius 3 is 2.64 bits per heavy atom. The third kappa shape index (κ3) is 2.36. The Labute approximate surface area is 196 Å². The fourth-order valence-corrected chi connectivity index (χ4v) is 6.90. The van der Waals surface area contributed by atoms with Gasteiger partial charge in [0.25, 0.3) is 5.91 Å². The van der Waals surface area contributed by atoms with E-state index in [1.54, 1.807) is 23.1 Å². The Morgan fingerprint density at radius 2 is 1.88 bits per heavy atom. The number of likely N-dealkylation sites (N-methyl/N-ethyl adjacent to an activating group) is 1. The molecule has 1 spiro atoms. The summed E-state index contributed by atoms with van der Waals surface area (Å²) in [5, 5.41) is 0.403. The van der Waals surface area contributed by atoms with Crippen molar-refractivity contribution in [2.24, 2.45) is 11.8 Å². The molecule has 0 N–H and O–H groups in total. The quantitative estimate of drug-likeness (QED) is 0.651. The lowest BCUT2D eigenvalue weighted by atomic mass is 9.75. The third-order valence-corrected chi connectivity index (χ3v) is 8.08.